The van der Waals surface area contributed by atoms with E-state index in [1.165, 1.54) is 0 Å². The van der Waals surface area contributed by atoms with Gasteiger partial charge in [-0.2, -0.15) is 0 Å². The Labute approximate surface area is 137 Å². The Hall–Kier alpha value is -1.72. The molecule has 5 heteroatoms. The van der Waals surface area contributed by atoms with Crippen molar-refractivity contribution in [3.8, 4) is 0 Å². The van der Waals surface area contributed by atoms with Crippen LogP contribution >= 0.6 is 0 Å². The first kappa shape index (κ1) is 16.1. The van der Waals surface area contributed by atoms with Crippen LogP contribution in [0.4, 0.5) is 0 Å². The molecule has 1 aromatic heterocycles. The van der Waals surface area contributed by atoms with Gasteiger partial charge in [-0.25, -0.2) is 0 Å². The highest BCUT2D eigenvalue weighted by Crippen LogP contribution is 2.19. The van der Waals surface area contributed by atoms with Gasteiger partial charge < -0.3 is 9.64 Å². The summed E-state index contributed by atoms with van der Waals surface area (Å²) in [5.74, 6) is 0.0875. The van der Waals surface area contributed by atoms with Crippen LogP contribution < -0.4 is 0 Å². The van der Waals surface area contributed by atoms with E-state index in [1.807, 2.05) is 23.1 Å². The number of morpholine rings is 1. The van der Waals surface area contributed by atoms with E-state index >= 15 is 0 Å². The van der Waals surface area contributed by atoms with Gasteiger partial charge in [0.15, 0.2) is 0 Å². The van der Waals surface area contributed by atoms with Crippen LogP contribution in [-0.4, -0.2) is 65.6 Å². The zero-order chi connectivity index (χ0) is 16.1. The van der Waals surface area contributed by atoms with Crippen LogP contribution in [0.3, 0.4) is 0 Å². The standard InChI is InChI=1S/C18H25N3O2/c1-15-14-21(12-13-23-15)17-7-10-20(11-8-17)18(22)6-5-16-4-2-3-9-19-16/h2-6,9,15,17H,7-8,10-14H2,1H3/b6-5+. The lowest BCUT2D eigenvalue weighted by Gasteiger charge is -2.41. The van der Waals surface area contributed by atoms with Gasteiger partial charge in [-0.1, -0.05) is 6.07 Å². The Morgan fingerprint density at radius 1 is 1.30 bits per heavy atom. The van der Waals surface area contributed by atoms with E-state index in [9.17, 15) is 4.79 Å². The van der Waals surface area contributed by atoms with E-state index in [0.29, 0.717) is 12.1 Å². The molecule has 3 heterocycles. The maximum atomic E-state index is 12.3. The molecule has 5 nitrogen and oxygen atoms in total. The molecule has 2 aliphatic heterocycles. The summed E-state index contributed by atoms with van der Waals surface area (Å²) in [6.45, 7) is 6.66. The van der Waals surface area contributed by atoms with Crippen molar-refractivity contribution in [1.82, 2.24) is 14.8 Å². The smallest absolute Gasteiger partial charge is 0.246 e. The first-order chi connectivity index (χ1) is 11.2. The predicted octanol–water partition coefficient (Wildman–Crippen LogP) is 1.81. The molecule has 0 saturated carbocycles. The Bertz CT molecular complexity index is 538. The monoisotopic (exact) mass is 315 g/mol. The number of nitrogens with zero attached hydrogens (tertiary/aromatic N) is 3. The number of piperidine rings is 1. The molecule has 1 unspecified atom stereocenters. The highest BCUT2D eigenvalue weighted by atomic mass is 16.5. The van der Waals surface area contributed by atoms with Crippen LogP contribution in [0.2, 0.25) is 0 Å². The van der Waals surface area contributed by atoms with E-state index in [-0.39, 0.29) is 5.91 Å². The van der Waals surface area contributed by atoms with E-state index in [2.05, 4.69) is 16.8 Å². The number of carbonyl (C=O) groups is 1. The van der Waals surface area contributed by atoms with Crippen molar-refractivity contribution in [3.05, 3.63) is 36.2 Å². The second-order valence-electron chi connectivity index (χ2n) is 6.32. The molecule has 1 amide bonds. The molecule has 0 bridgehead atoms. The lowest BCUT2D eigenvalue weighted by Crippen LogP contribution is -2.51. The molecule has 2 fully saturated rings. The summed E-state index contributed by atoms with van der Waals surface area (Å²) >= 11 is 0. The summed E-state index contributed by atoms with van der Waals surface area (Å²) in [6.07, 6.45) is 7.59. The number of amides is 1. The summed E-state index contributed by atoms with van der Waals surface area (Å²) in [6, 6.07) is 6.28. The van der Waals surface area contributed by atoms with Gasteiger partial charge in [-0.3, -0.25) is 14.7 Å². The van der Waals surface area contributed by atoms with E-state index < -0.39 is 0 Å². The molecule has 1 aromatic rings. The normalized spacial score (nSPS) is 24.2. The average molecular weight is 315 g/mol. The highest BCUT2D eigenvalue weighted by Gasteiger charge is 2.28. The molecule has 2 saturated heterocycles. The third-order valence-electron chi connectivity index (χ3n) is 4.65. The van der Waals surface area contributed by atoms with Crippen molar-refractivity contribution in [1.29, 1.82) is 0 Å². The lowest BCUT2D eigenvalue weighted by molar-refractivity contribution is -0.128. The van der Waals surface area contributed by atoms with Gasteiger partial charge in [-0.15, -0.1) is 0 Å². The second-order valence-corrected chi connectivity index (χ2v) is 6.32. The van der Waals surface area contributed by atoms with Gasteiger partial charge in [-0.05, 0) is 38.0 Å². The van der Waals surface area contributed by atoms with Crippen LogP contribution in [0.15, 0.2) is 30.5 Å². The number of aromatic nitrogens is 1. The number of hydrogen-bond acceptors (Lipinski definition) is 4. The fraction of sp³-hybridized carbons (Fsp3) is 0.556. The zero-order valence-corrected chi connectivity index (χ0v) is 13.7. The predicted molar refractivity (Wildman–Crippen MR) is 89.9 cm³/mol. The largest absolute Gasteiger partial charge is 0.376 e. The number of ether oxygens (including phenoxy) is 1. The minimum Gasteiger partial charge on any atom is -0.376 e. The fourth-order valence-electron chi connectivity index (χ4n) is 3.37. The molecule has 23 heavy (non-hydrogen) atoms. The molecule has 1 atom stereocenters. The van der Waals surface area contributed by atoms with Gasteiger partial charge in [0.2, 0.25) is 5.91 Å². The van der Waals surface area contributed by atoms with Crippen LogP contribution in [0.1, 0.15) is 25.5 Å². The van der Waals surface area contributed by atoms with Crippen molar-refractivity contribution in [2.75, 3.05) is 32.8 Å². The van der Waals surface area contributed by atoms with Crippen LogP contribution in [0.25, 0.3) is 6.08 Å². The molecule has 2 aliphatic rings. The molecular formula is C18H25N3O2. The Morgan fingerprint density at radius 3 is 2.83 bits per heavy atom. The van der Waals surface area contributed by atoms with E-state index in [4.69, 9.17) is 4.74 Å². The zero-order valence-electron chi connectivity index (χ0n) is 13.7. The average Bonchev–Trinajstić information content (AvgIpc) is 2.61. The van der Waals surface area contributed by atoms with Crippen molar-refractivity contribution in [3.63, 3.8) is 0 Å². The van der Waals surface area contributed by atoms with Crippen molar-refractivity contribution in [2.45, 2.75) is 31.9 Å². The highest BCUT2D eigenvalue weighted by molar-refractivity contribution is 5.91. The van der Waals surface area contributed by atoms with Crippen LogP contribution in [-0.2, 0) is 9.53 Å². The Morgan fingerprint density at radius 2 is 2.13 bits per heavy atom. The molecular weight excluding hydrogens is 290 g/mol. The molecule has 0 N–H and O–H groups in total. The quantitative estimate of drug-likeness (QED) is 0.798. The van der Waals surface area contributed by atoms with Crippen LogP contribution in [0, 0.1) is 0 Å². The van der Waals surface area contributed by atoms with Crippen molar-refractivity contribution in [2.24, 2.45) is 0 Å². The number of likely N-dealkylation sites (tertiary alicyclic amines) is 1. The summed E-state index contributed by atoms with van der Waals surface area (Å²) in [5, 5.41) is 0. The molecule has 0 aromatic carbocycles. The third-order valence-corrected chi connectivity index (χ3v) is 4.65. The van der Waals surface area contributed by atoms with Gasteiger partial charge >= 0.3 is 0 Å². The summed E-state index contributed by atoms with van der Waals surface area (Å²) < 4.78 is 5.61. The minimum absolute atomic E-state index is 0.0875. The maximum Gasteiger partial charge on any atom is 0.246 e. The van der Waals surface area contributed by atoms with Gasteiger partial charge in [0, 0.05) is 44.5 Å². The van der Waals surface area contributed by atoms with Gasteiger partial charge in [0.25, 0.3) is 0 Å². The van der Waals surface area contributed by atoms with E-state index in [0.717, 1.165) is 51.3 Å². The minimum atomic E-state index is 0.0875. The molecule has 3 rings (SSSR count). The summed E-state index contributed by atoms with van der Waals surface area (Å²) in [5.41, 5.74) is 0.818. The summed E-state index contributed by atoms with van der Waals surface area (Å²) in [4.78, 5) is 21.0. The van der Waals surface area contributed by atoms with E-state index in [1.54, 1.807) is 18.3 Å². The maximum absolute atomic E-state index is 12.3. The van der Waals surface area contributed by atoms with Crippen LogP contribution in [0.5, 0.6) is 0 Å². The van der Waals surface area contributed by atoms with Gasteiger partial charge in [0.05, 0.1) is 18.4 Å². The Balaban J connectivity index is 1.48. The molecule has 0 radical (unpaired) electrons. The summed E-state index contributed by atoms with van der Waals surface area (Å²) in [7, 11) is 0. The van der Waals surface area contributed by atoms with Gasteiger partial charge in [0.1, 0.15) is 0 Å². The topological polar surface area (TPSA) is 45.7 Å². The number of rotatable bonds is 3. The molecule has 0 aliphatic carbocycles. The second kappa shape index (κ2) is 7.70. The SMILES string of the molecule is CC1CN(C2CCN(C(=O)/C=C/c3ccccn3)CC2)CCO1. The fourth-order valence-corrected chi connectivity index (χ4v) is 3.37. The number of hydrogen-bond donors (Lipinski definition) is 0. The number of carbonyl (C=O) groups excluding carboxylic acids is 1. The third kappa shape index (κ3) is 4.39. The molecule has 124 valence electrons. The molecule has 0 spiro atoms. The first-order valence-electron chi connectivity index (χ1n) is 8.46. The van der Waals surface area contributed by atoms with Crippen molar-refractivity contribution >= 4 is 12.0 Å². The Kier molecular flexibility index (Phi) is 5.41. The lowest BCUT2D eigenvalue weighted by atomic mass is 10.0. The first-order valence-corrected chi connectivity index (χ1v) is 8.46. The number of pyridine rings is 1. The van der Waals surface area contributed by atoms with Crippen molar-refractivity contribution < 1.29 is 9.53 Å².